The maximum atomic E-state index is 13.2. The largest absolute Gasteiger partial charge is 0.384 e. The van der Waals surface area contributed by atoms with Crippen LogP contribution in [-0.4, -0.2) is 18.6 Å². The van der Waals surface area contributed by atoms with E-state index < -0.39 is 0 Å². The van der Waals surface area contributed by atoms with Crippen LogP contribution in [0.25, 0.3) is 0 Å². The Hall–Kier alpha value is -1.09. The SMILES string of the molecule is CC(C)(C)NCC1CNc2ccc(F)cc2C1. The molecule has 94 valence electrons. The van der Waals surface area contributed by atoms with E-state index in [4.69, 9.17) is 0 Å². The van der Waals surface area contributed by atoms with Crippen LogP contribution in [0.3, 0.4) is 0 Å². The van der Waals surface area contributed by atoms with Crippen molar-refractivity contribution in [3.8, 4) is 0 Å². The van der Waals surface area contributed by atoms with Gasteiger partial charge in [-0.2, -0.15) is 0 Å². The second-order valence-corrected chi connectivity index (χ2v) is 5.88. The van der Waals surface area contributed by atoms with Gasteiger partial charge in [0.1, 0.15) is 5.82 Å². The zero-order valence-electron chi connectivity index (χ0n) is 10.8. The Morgan fingerprint density at radius 1 is 1.41 bits per heavy atom. The molecule has 2 nitrogen and oxygen atoms in total. The van der Waals surface area contributed by atoms with E-state index in [1.807, 2.05) is 6.07 Å². The monoisotopic (exact) mass is 236 g/mol. The lowest BCUT2D eigenvalue weighted by Gasteiger charge is -2.29. The predicted octanol–water partition coefficient (Wildman–Crippen LogP) is 2.80. The molecule has 0 aliphatic carbocycles. The summed E-state index contributed by atoms with van der Waals surface area (Å²) in [5, 5.41) is 6.87. The third-order valence-electron chi connectivity index (χ3n) is 3.08. The zero-order chi connectivity index (χ0) is 12.5. The predicted molar refractivity (Wildman–Crippen MR) is 69.8 cm³/mol. The summed E-state index contributed by atoms with van der Waals surface area (Å²) in [6, 6.07) is 4.99. The van der Waals surface area contributed by atoms with Crippen LogP contribution in [0.4, 0.5) is 10.1 Å². The summed E-state index contributed by atoms with van der Waals surface area (Å²) in [5.74, 6) is 0.388. The second-order valence-electron chi connectivity index (χ2n) is 5.88. The molecule has 17 heavy (non-hydrogen) atoms. The van der Waals surface area contributed by atoms with Crippen molar-refractivity contribution >= 4 is 5.69 Å². The number of benzene rings is 1. The fourth-order valence-electron chi connectivity index (χ4n) is 2.14. The molecule has 1 aliphatic heterocycles. The average Bonchev–Trinajstić information content (AvgIpc) is 2.24. The van der Waals surface area contributed by atoms with E-state index >= 15 is 0 Å². The summed E-state index contributed by atoms with van der Waals surface area (Å²) < 4.78 is 13.2. The molecular weight excluding hydrogens is 215 g/mol. The molecule has 1 atom stereocenters. The molecule has 0 saturated heterocycles. The third kappa shape index (κ3) is 3.43. The Morgan fingerprint density at radius 3 is 2.88 bits per heavy atom. The average molecular weight is 236 g/mol. The summed E-state index contributed by atoms with van der Waals surface area (Å²) in [4.78, 5) is 0. The van der Waals surface area contributed by atoms with Crippen LogP contribution >= 0.6 is 0 Å². The lowest BCUT2D eigenvalue weighted by molar-refractivity contribution is 0.372. The summed E-state index contributed by atoms with van der Waals surface area (Å²) in [7, 11) is 0. The minimum Gasteiger partial charge on any atom is -0.384 e. The molecular formula is C14H21FN2. The molecule has 0 amide bonds. The fourth-order valence-corrected chi connectivity index (χ4v) is 2.14. The van der Waals surface area contributed by atoms with Gasteiger partial charge in [-0.15, -0.1) is 0 Å². The maximum absolute atomic E-state index is 13.2. The molecule has 0 fully saturated rings. The van der Waals surface area contributed by atoms with E-state index in [1.165, 1.54) is 6.07 Å². The zero-order valence-corrected chi connectivity index (χ0v) is 10.8. The molecule has 0 bridgehead atoms. The van der Waals surface area contributed by atoms with Crippen molar-refractivity contribution in [3.05, 3.63) is 29.6 Å². The molecule has 3 heteroatoms. The number of hydrogen-bond acceptors (Lipinski definition) is 2. The molecule has 0 saturated carbocycles. The van der Waals surface area contributed by atoms with Gasteiger partial charge in [0, 0.05) is 24.3 Å². The molecule has 0 aromatic heterocycles. The molecule has 0 radical (unpaired) electrons. The van der Waals surface area contributed by atoms with Crippen molar-refractivity contribution in [1.82, 2.24) is 5.32 Å². The van der Waals surface area contributed by atoms with Crippen LogP contribution in [-0.2, 0) is 6.42 Å². The summed E-state index contributed by atoms with van der Waals surface area (Å²) >= 11 is 0. The van der Waals surface area contributed by atoms with E-state index in [0.717, 1.165) is 30.8 Å². The van der Waals surface area contributed by atoms with Crippen molar-refractivity contribution in [2.75, 3.05) is 18.4 Å². The standard InChI is InChI=1S/C14H21FN2/c1-14(2,3)17-9-10-6-11-7-12(15)4-5-13(11)16-8-10/h4-5,7,10,16-17H,6,8-9H2,1-3H3. The van der Waals surface area contributed by atoms with Crippen molar-refractivity contribution < 1.29 is 4.39 Å². The van der Waals surface area contributed by atoms with Crippen molar-refractivity contribution in [1.29, 1.82) is 0 Å². The van der Waals surface area contributed by atoms with Gasteiger partial charge >= 0.3 is 0 Å². The van der Waals surface area contributed by atoms with Crippen LogP contribution in [0.2, 0.25) is 0 Å². The molecule has 2 rings (SSSR count). The summed E-state index contributed by atoms with van der Waals surface area (Å²) in [6.45, 7) is 8.42. The Labute approximate surface area is 103 Å². The molecule has 1 aliphatic rings. The van der Waals surface area contributed by atoms with Crippen LogP contribution in [0.15, 0.2) is 18.2 Å². The van der Waals surface area contributed by atoms with Crippen LogP contribution < -0.4 is 10.6 Å². The minimum atomic E-state index is -0.144. The Kier molecular flexibility index (Phi) is 3.38. The quantitative estimate of drug-likeness (QED) is 0.825. The Morgan fingerprint density at radius 2 is 2.18 bits per heavy atom. The number of rotatable bonds is 2. The van der Waals surface area contributed by atoms with E-state index in [9.17, 15) is 4.39 Å². The molecule has 2 N–H and O–H groups in total. The lowest BCUT2D eigenvalue weighted by atomic mass is 9.93. The fraction of sp³-hybridized carbons (Fsp3) is 0.571. The molecule has 1 aromatic carbocycles. The van der Waals surface area contributed by atoms with Gasteiger partial charge in [-0.1, -0.05) is 0 Å². The molecule has 1 unspecified atom stereocenters. The van der Waals surface area contributed by atoms with E-state index in [-0.39, 0.29) is 11.4 Å². The number of nitrogens with one attached hydrogen (secondary N) is 2. The van der Waals surface area contributed by atoms with Crippen molar-refractivity contribution in [2.24, 2.45) is 5.92 Å². The highest BCUT2D eigenvalue weighted by Gasteiger charge is 2.20. The second kappa shape index (κ2) is 4.65. The maximum Gasteiger partial charge on any atom is 0.123 e. The number of hydrogen-bond donors (Lipinski definition) is 2. The Bertz CT molecular complexity index is 396. The smallest absolute Gasteiger partial charge is 0.123 e. The van der Waals surface area contributed by atoms with Crippen LogP contribution in [0, 0.1) is 11.7 Å². The first-order valence-electron chi connectivity index (χ1n) is 6.21. The summed E-state index contributed by atoms with van der Waals surface area (Å²) in [5.41, 5.74) is 2.32. The number of anilines is 1. The minimum absolute atomic E-state index is 0.141. The van der Waals surface area contributed by atoms with Crippen LogP contribution in [0.5, 0.6) is 0 Å². The highest BCUT2D eigenvalue weighted by molar-refractivity contribution is 5.53. The van der Waals surface area contributed by atoms with E-state index in [1.54, 1.807) is 6.07 Å². The van der Waals surface area contributed by atoms with Gasteiger partial charge in [0.25, 0.3) is 0 Å². The van der Waals surface area contributed by atoms with Crippen LogP contribution in [0.1, 0.15) is 26.3 Å². The van der Waals surface area contributed by atoms with Gasteiger partial charge in [-0.25, -0.2) is 4.39 Å². The van der Waals surface area contributed by atoms with Gasteiger partial charge in [0.05, 0.1) is 0 Å². The first-order valence-corrected chi connectivity index (χ1v) is 6.21. The highest BCUT2D eigenvalue weighted by atomic mass is 19.1. The normalized spacial score (nSPS) is 19.6. The Balaban J connectivity index is 1.98. The van der Waals surface area contributed by atoms with Gasteiger partial charge in [0.2, 0.25) is 0 Å². The molecule has 1 aromatic rings. The van der Waals surface area contributed by atoms with Gasteiger partial charge in [-0.05, 0) is 56.9 Å². The topological polar surface area (TPSA) is 24.1 Å². The summed E-state index contributed by atoms with van der Waals surface area (Å²) in [6.07, 6.45) is 0.948. The van der Waals surface area contributed by atoms with Gasteiger partial charge in [0.15, 0.2) is 0 Å². The van der Waals surface area contributed by atoms with Crippen molar-refractivity contribution in [3.63, 3.8) is 0 Å². The lowest BCUT2D eigenvalue weighted by Crippen LogP contribution is -2.42. The van der Waals surface area contributed by atoms with E-state index in [0.29, 0.717) is 5.92 Å². The van der Waals surface area contributed by atoms with Gasteiger partial charge in [-0.3, -0.25) is 0 Å². The number of halogens is 1. The molecule has 0 spiro atoms. The molecule has 1 heterocycles. The first kappa shape index (κ1) is 12.4. The highest BCUT2D eigenvalue weighted by Crippen LogP contribution is 2.25. The third-order valence-corrected chi connectivity index (χ3v) is 3.08. The number of fused-ring (bicyclic) bond motifs is 1. The van der Waals surface area contributed by atoms with Gasteiger partial charge < -0.3 is 10.6 Å². The van der Waals surface area contributed by atoms with Crippen molar-refractivity contribution in [2.45, 2.75) is 32.7 Å². The van der Waals surface area contributed by atoms with E-state index in [2.05, 4.69) is 31.4 Å². The first-order chi connectivity index (χ1) is 7.94.